The lowest BCUT2D eigenvalue weighted by Crippen LogP contribution is -2.38. The van der Waals surface area contributed by atoms with Crippen LogP contribution in [-0.4, -0.2) is 28.4 Å². The Balaban J connectivity index is 2.16. The fraction of sp³-hybridized carbons (Fsp3) is 0.700. The SMILES string of the molecule is Cn1ccc(NCCNC(C)(C)C)n1. The second-order valence-corrected chi connectivity index (χ2v) is 4.48. The third kappa shape index (κ3) is 4.28. The summed E-state index contributed by atoms with van der Waals surface area (Å²) in [6.45, 7) is 8.32. The lowest BCUT2D eigenvalue weighted by atomic mass is 10.1. The van der Waals surface area contributed by atoms with E-state index in [1.165, 1.54) is 0 Å². The maximum atomic E-state index is 4.22. The van der Waals surface area contributed by atoms with E-state index < -0.39 is 0 Å². The molecule has 0 bridgehead atoms. The molecule has 0 saturated heterocycles. The number of aromatic nitrogens is 2. The molecule has 0 aromatic carbocycles. The summed E-state index contributed by atoms with van der Waals surface area (Å²) in [5, 5.41) is 10.9. The highest BCUT2D eigenvalue weighted by molar-refractivity contribution is 5.31. The van der Waals surface area contributed by atoms with Crippen molar-refractivity contribution >= 4 is 5.82 Å². The van der Waals surface area contributed by atoms with Gasteiger partial charge >= 0.3 is 0 Å². The van der Waals surface area contributed by atoms with Gasteiger partial charge < -0.3 is 10.6 Å². The molecule has 0 amide bonds. The Labute approximate surface area is 85.7 Å². The Morgan fingerprint density at radius 3 is 2.57 bits per heavy atom. The third-order valence-electron chi connectivity index (χ3n) is 1.80. The van der Waals surface area contributed by atoms with Crippen molar-refractivity contribution in [3.05, 3.63) is 12.3 Å². The first-order valence-corrected chi connectivity index (χ1v) is 4.96. The number of anilines is 1. The largest absolute Gasteiger partial charge is 0.367 e. The predicted octanol–water partition coefficient (Wildman–Crippen LogP) is 1.22. The van der Waals surface area contributed by atoms with Crippen molar-refractivity contribution in [3.8, 4) is 0 Å². The Bertz CT molecular complexity index is 272. The minimum atomic E-state index is 0.186. The van der Waals surface area contributed by atoms with Crippen LogP contribution in [0.4, 0.5) is 5.82 Å². The standard InChI is InChI=1S/C10H20N4/c1-10(2,3)12-7-6-11-9-5-8-14(4)13-9/h5,8,12H,6-7H2,1-4H3,(H,11,13). The molecule has 1 aromatic heterocycles. The van der Waals surface area contributed by atoms with Crippen LogP contribution in [0.25, 0.3) is 0 Å². The Morgan fingerprint density at radius 2 is 2.07 bits per heavy atom. The van der Waals surface area contributed by atoms with Gasteiger partial charge in [-0.3, -0.25) is 4.68 Å². The smallest absolute Gasteiger partial charge is 0.148 e. The maximum Gasteiger partial charge on any atom is 0.148 e. The number of nitrogens with one attached hydrogen (secondary N) is 2. The Hall–Kier alpha value is -1.03. The monoisotopic (exact) mass is 196 g/mol. The maximum absolute atomic E-state index is 4.22. The molecule has 0 aliphatic carbocycles. The van der Waals surface area contributed by atoms with Crippen molar-refractivity contribution in [2.75, 3.05) is 18.4 Å². The molecule has 0 aliphatic rings. The quantitative estimate of drug-likeness (QED) is 0.711. The van der Waals surface area contributed by atoms with Crippen molar-refractivity contribution in [1.82, 2.24) is 15.1 Å². The van der Waals surface area contributed by atoms with E-state index >= 15 is 0 Å². The average Bonchev–Trinajstić information content (AvgIpc) is 2.44. The highest BCUT2D eigenvalue weighted by Gasteiger charge is 2.06. The second-order valence-electron chi connectivity index (χ2n) is 4.48. The topological polar surface area (TPSA) is 41.9 Å². The summed E-state index contributed by atoms with van der Waals surface area (Å²) in [6, 6.07) is 1.97. The molecule has 0 unspecified atom stereocenters. The zero-order chi connectivity index (χ0) is 10.6. The molecule has 0 atom stereocenters. The Kier molecular flexibility index (Phi) is 3.52. The number of hydrogen-bond donors (Lipinski definition) is 2. The van der Waals surface area contributed by atoms with Crippen molar-refractivity contribution < 1.29 is 0 Å². The minimum Gasteiger partial charge on any atom is -0.367 e. The molecule has 1 heterocycles. The zero-order valence-electron chi connectivity index (χ0n) is 9.46. The van der Waals surface area contributed by atoms with Crippen molar-refractivity contribution in [3.63, 3.8) is 0 Å². The van der Waals surface area contributed by atoms with Crippen LogP contribution < -0.4 is 10.6 Å². The van der Waals surface area contributed by atoms with Gasteiger partial charge in [-0.2, -0.15) is 5.10 Å². The van der Waals surface area contributed by atoms with E-state index in [4.69, 9.17) is 0 Å². The van der Waals surface area contributed by atoms with Crippen molar-refractivity contribution in [1.29, 1.82) is 0 Å². The van der Waals surface area contributed by atoms with Gasteiger partial charge in [0.1, 0.15) is 5.82 Å². The van der Waals surface area contributed by atoms with Crippen molar-refractivity contribution in [2.24, 2.45) is 7.05 Å². The first-order valence-electron chi connectivity index (χ1n) is 4.96. The molecule has 4 heteroatoms. The molecule has 14 heavy (non-hydrogen) atoms. The summed E-state index contributed by atoms with van der Waals surface area (Å²) in [5.41, 5.74) is 0.186. The van der Waals surface area contributed by atoms with Gasteiger partial charge in [-0.05, 0) is 20.8 Å². The highest BCUT2D eigenvalue weighted by atomic mass is 15.3. The first kappa shape index (κ1) is 11.0. The number of aryl methyl sites for hydroxylation is 1. The van der Waals surface area contributed by atoms with Gasteiger partial charge in [0, 0.05) is 37.9 Å². The molecule has 4 nitrogen and oxygen atoms in total. The molecule has 1 rings (SSSR count). The van der Waals surface area contributed by atoms with Crippen LogP contribution in [-0.2, 0) is 7.05 Å². The van der Waals surface area contributed by atoms with Crippen molar-refractivity contribution in [2.45, 2.75) is 26.3 Å². The predicted molar refractivity (Wildman–Crippen MR) is 59.5 cm³/mol. The van der Waals surface area contributed by atoms with Crippen LogP contribution >= 0.6 is 0 Å². The molecular formula is C10H20N4. The summed E-state index contributed by atoms with van der Waals surface area (Å²) < 4.78 is 1.79. The van der Waals surface area contributed by atoms with Crippen LogP contribution in [0.15, 0.2) is 12.3 Å². The molecule has 1 aromatic rings. The van der Waals surface area contributed by atoms with Crippen LogP contribution in [0, 0.1) is 0 Å². The van der Waals surface area contributed by atoms with Crippen LogP contribution in [0.5, 0.6) is 0 Å². The van der Waals surface area contributed by atoms with E-state index in [9.17, 15) is 0 Å². The van der Waals surface area contributed by atoms with Crippen LogP contribution in [0.2, 0.25) is 0 Å². The zero-order valence-corrected chi connectivity index (χ0v) is 9.46. The molecular weight excluding hydrogens is 176 g/mol. The molecule has 80 valence electrons. The molecule has 0 radical (unpaired) electrons. The number of hydrogen-bond acceptors (Lipinski definition) is 3. The summed E-state index contributed by atoms with van der Waals surface area (Å²) in [4.78, 5) is 0. The average molecular weight is 196 g/mol. The van der Waals surface area contributed by atoms with Gasteiger partial charge in [0.25, 0.3) is 0 Å². The van der Waals surface area contributed by atoms with E-state index in [0.717, 1.165) is 18.9 Å². The minimum absolute atomic E-state index is 0.186. The molecule has 0 spiro atoms. The normalized spacial score (nSPS) is 11.7. The van der Waals surface area contributed by atoms with E-state index in [2.05, 4.69) is 36.5 Å². The Morgan fingerprint density at radius 1 is 1.36 bits per heavy atom. The van der Waals surface area contributed by atoms with Gasteiger partial charge in [-0.1, -0.05) is 0 Å². The van der Waals surface area contributed by atoms with Gasteiger partial charge in [-0.15, -0.1) is 0 Å². The summed E-state index contributed by atoms with van der Waals surface area (Å²) in [6.07, 6.45) is 1.93. The van der Waals surface area contributed by atoms with E-state index in [0.29, 0.717) is 0 Å². The van der Waals surface area contributed by atoms with Crippen LogP contribution in [0.3, 0.4) is 0 Å². The fourth-order valence-electron chi connectivity index (χ4n) is 1.14. The fourth-order valence-corrected chi connectivity index (χ4v) is 1.14. The molecule has 2 N–H and O–H groups in total. The van der Waals surface area contributed by atoms with Gasteiger partial charge in [0.2, 0.25) is 0 Å². The second kappa shape index (κ2) is 4.46. The van der Waals surface area contributed by atoms with E-state index in [1.54, 1.807) is 4.68 Å². The molecule has 0 saturated carbocycles. The summed E-state index contributed by atoms with van der Waals surface area (Å²) in [7, 11) is 1.92. The van der Waals surface area contributed by atoms with Gasteiger partial charge in [-0.25, -0.2) is 0 Å². The highest BCUT2D eigenvalue weighted by Crippen LogP contribution is 2.00. The van der Waals surface area contributed by atoms with E-state index in [1.807, 2.05) is 19.3 Å². The number of nitrogens with zero attached hydrogens (tertiary/aromatic N) is 2. The summed E-state index contributed by atoms with van der Waals surface area (Å²) >= 11 is 0. The van der Waals surface area contributed by atoms with Crippen LogP contribution in [0.1, 0.15) is 20.8 Å². The first-order chi connectivity index (χ1) is 6.47. The van der Waals surface area contributed by atoms with Gasteiger partial charge in [0.05, 0.1) is 0 Å². The van der Waals surface area contributed by atoms with E-state index in [-0.39, 0.29) is 5.54 Å². The number of rotatable bonds is 4. The van der Waals surface area contributed by atoms with Gasteiger partial charge in [0.15, 0.2) is 0 Å². The summed E-state index contributed by atoms with van der Waals surface area (Å²) in [5.74, 6) is 0.934. The molecule has 0 aliphatic heterocycles. The lowest BCUT2D eigenvalue weighted by Gasteiger charge is -2.20. The third-order valence-corrected chi connectivity index (χ3v) is 1.80. The lowest BCUT2D eigenvalue weighted by molar-refractivity contribution is 0.435. The molecule has 0 fully saturated rings.